The topological polar surface area (TPSA) is 20.2 Å². The lowest BCUT2D eigenvalue weighted by atomic mass is 10.0. The van der Waals surface area contributed by atoms with Gasteiger partial charge in [-0.15, -0.1) is 0 Å². The lowest BCUT2D eigenvalue weighted by molar-refractivity contribution is 0.162. The van der Waals surface area contributed by atoms with Crippen molar-refractivity contribution < 1.29 is 5.11 Å². The fraction of sp³-hybridized carbons (Fsp3) is 0.500. The predicted molar refractivity (Wildman–Crippen MR) is 66.1 cm³/mol. The van der Waals surface area contributed by atoms with Gasteiger partial charge in [-0.3, -0.25) is 0 Å². The van der Waals surface area contributed by atoms with Crippen molar-refractivity contribution in [2.45, 2.75) is 31.8 Å². The molecule has 0 aliphatic heterocycles. The maximum atomic E-state index is 9.92. The van der Waals surface area contributed by atoms with E-state index in [-0.39, 0.29) is 6.10 Å². The lowest BCUT2D eigenvalue weighted by Crippen LogP contribution is -1.98. The number of halogens is 1. The number of rotatable bonds is 4. The average molecular weight is 302 g/mol. The van der Waals surface area contributed by atoms with Crippen LogP contribution in [0.15, 0.2) is 24.3 Å². The Labute approximate surface area is 98.7 Å². The van der Waals surface area contributed by atoms with Gasteiger partial charge in [0.05, 0.1) is 6.10 Å². The summed E-state index contributed by atoms with van der Waals surface area (Å²) in [5, 5.41) is 9.92. The van der Waals surface area contributed by atoms with Gasteiger partial charge in [-0.1, -0.05) is 25.0 Å². The SMILES string of the molecule is OC(CCC1CC1)c1cccc(I)c1. The molecule has 1 atom stereocenters. The molecule has 2 heteroatoms. The summed E-state index contributed by atoms with van der Waals surface area (Å²) in [6.45, 7) is 0. The van der Waals surface area contributed by atoms with E-state index in [1.54, 1.807) is 0 Å². The Kier molecular flexibility index (Phi) is 3.44. The molecule has 0 saturated heterocycles. The Morgan fingerprint density at radius 2 is 2.21 bits per heavy atom. The molecule has 0 spiro atoms. The van der Waals surface area contributed by atoms with E-state index in [9.17, 15) is 5.11 Å². The van der Waals surface area contributed by atoms with E-state index in [4.69, 9.17) is 0 Å². The monoisotopic (exact) mass is 302 g/mol. The van der Waals surface area contributed by atoms with E-state index in [0.29, 0.717) is 0 Å². The third kappa shape index (κ3) is 2.95. The van der Waals surface area contributed by atoms with Crippen LogP contribution in [0.4, 0.5) is 0 Å². The number of aliphatic hydroxyl groups excluding tert-OH is 1. The van der Waals surface area contributed by atoms with Crippen molar-refractivity contribution >= 4 is 22.6 Å². The first-order valence-electron chi connectivity index (χ1n) is 5.19. The van der Waals surface area contributed by atoms with Crippen LogP contribution in [0.5, 0.6) is 0 Å². The van der Waals surface area contributed by atoms with Gasteiger partial charge < -0.3 is 5.11 Å². The van der Waals surface area contributed by atoms with Crippen LogP contribution in [0.25, 0.3) is 0 Å². The normalized spacial score (nSPS) is 18.1. The molecule has 2 rings (SSSR count). The van der Waals surface area contributed by atoms with Gasteiger partial charge in [0, 0.05) is 3.57 Å². The zero-order valence-electron chi connectivity index (χ0n) is 8.12. The predicted octanol–water partition coefficient (Wildman–Crippen LogP) is 3.51. The highest BCUT2D eigenvalue weighted by Crippen LogP contribution is 2.35. The summed E-state index contributed by atoms with van der Waals surface area (Å²) in [4.78, 5) is 0. The first-order chi connectivity index (χ1) is 6.75. The van der Waals surface area contributed by atoms with Gasteiger partial charge in [-0.25, -0.2) is 0 Å². The van der Waals surface area contributed by atoms with E-state index in [2.05, 4.69) is 34.7 Å². The summed E-state index contributed by atoms with van der Waals surface area (Å²) in [7, 11) is 0. The molecule has 1 fully saturated rings. The molecule has 1 aromatic carbocycles. The molecule has 0 bridgehead atoms. The summed E-state index contributed by atoms with van der Waals surface area (Å²) < 4.78 is 1.20. The summed E-state index contributed by atoms with van der Waals surface area (Å²) >= 11 is 2.28. The standard InChI is InChI=1S/C12H15IO/c13-11-3-1-2-10(8-11)12(14)7-6-9-4-5-9/h1-3,8-9,12,14H,4-7H2. The highest BCUT2D eigenvalue weighted by Gasteiger charge is 2.22. The zero-order chi connectivity index (χ0) is 9.97. The van der Waals surface area contributed by atoms with E-state index < -0.39 is 0 Å². The van der Waals surface area contributed by atoms with Gasteiger partial charge >= 0.3 is 0 Å². The minimum atomic E-state index is -0.259. The second kappa shape index (κ2) is 4.62. The van der Waals surface area contributed by atoms with Gasteiger partial charge in [0.1, 0.15) is 0 Å². The van der Waals surface area contributed by atoms with E-state index in [1.165, 1.54) is 22.8 Å². The Hall–Kier alpha value is -0.0900. The van der Waals surface area contributed by atoms with Gasteiger partial charge in [0.15, 0.2) is 0 Å². The maximum absolute atomic E-state index is 9.92. The molecule has 0 heterocycles. The Bertz CT molecular complexity index is 307. The highest BCUT2D eigenvalue weighted by atomic mass is 127. The molecule has 0 aromatic heterocycles. The Morgan fingerprint density at radius 1 is 1.43 bits per heavy atom. The van der Waals surface area contributed by atoms with Crippen molar-refractivity contribution in [2.24, 2.45) is 5.92 Å². The fourth-order valence-electron chi connectivity index (χ4n) is 1.68. The summed E-state index contributed by atoms with van der Waals surface area (Å²) in [5.41, 5.74) is 1.07. The van der Waals surface area contributed by atoms with Crippen LogP contribution in [0, 0.1) is 9.49 Å². The van der Waals surface area contributed by atoms with Crippen molar-refractivity contribution in [3.63, 3.8) is 0 Å². The van der Waals surface area contributed by atoms with Crippen molar-refractivity contribution in [1.29, 1.82) is 0 Å². The first-order valence-corrected chi connectivity index (χ1v) is 6.27. The second-order valence-electron chi connectivity index (χ2n) is 4.09. The smallest absolute Gasteiger partial charge is 0.0790 e. The molecule has 76 valence electrons. The molecule has 1 saturated carbocycles. The lowest BCUT2D eigenvalue weighted by Gasteiger charge is -2.10. The van der Waals surface area contributed by atoms with Crippen molar-refractivity contribution in [3.8, 4) is 0 Å². The summed E-state index contributed by atoms with van der Waals surface area (Å²) in [6, 6.07) is 8.15. The summed E-state index contributed by atoms with van der Waals surface area (Å²) in [5.74, 6) is 0.910. The molecule has 0 amide bonds. The minimum absolute atomic E-state index is 0.259. The van der Waals surface area contributed by atoms with Gasteiger partial charge in [-0.2, -0.15) is 0 Å². The molecule has 0 radical (unpaired) electrons. The molecule has 1 aliphatic rings. The van der Waals surface area contributed by atoms with Crippen LogP contribution in [-0.4, -0.2) is 5.11 Å². The molecule has 1 N–H and O–H groups in total. The number of aliphatic hydroxyl groups is 1. The summed E-state index contributed by atoms with van der Waals surface area (Å²) in [6.07, 6.45) is 4.60. The van der Waals surface area contributed by atoms with E-state index in [1.807, 2.05) is 12.1 Å². The highest BCUT2D eigenvalue weighted by molar-refractivity contribution is 14.1. The zero-order valence-corrected chi connectivity index (χ0v) is 10.3. The molecule has 14 heavy (non-hydrogen) atoms. The van der Waals surface area contributed by atoms with Gasteiger partial charge in [-0.05, 0) is 59.0 Å². The largest absolute Gasteiger partial charge is 0.388 e. The maximum Gasteiger partial charge on any atom is 0.0790 e. The van der Waals surface area contributed by atoms with Gasteiger partial charge in [0.2, 0.25) is 0 Å². The third-order valence-electron chi connectivity index (χ3n) is 2.78. The third-order valence-corrected chi connectivity index (χ3v) is 3.45. The second-order valence-corrected chi connectivity index (χ2v) is 5.34. The number of benzene rings is 1. The van der Waals surface area contributed by atoms with E-state index >= 15 is 0 Å². The van der Waals surface area contributed by atoms with Crippen LogP contribution in [0.2, 0.25) is 0 Å². The quantitative estimate of drug-likeness (QED) is 0.844. The average Bonchev–Trinajstić information content (AvgIpc) is 2.97. The van der Waals surface area contributed by atoms with Crippen LogP contribution in [-0.2, 0) is 0 Å². The number of hydrogen-bond acceptors (Lipinski definition) is 1. The molecule has 1 unspecified atom stereocenters. The van der Waals surface area contributed by atoms with Gasteiger partial charge in [0.25, 0.3) is 0 Å². The Balaban J connectivity index is 1.91. The molecule has 1 aliphatic carbocycles. The molecular weight excluding hydrogens is 287 g/mol. The number of hydrogen-bond donors (Lipinski definition) is 1. The van der Waals surface area contributed by atoms with Crippen molar-refractivity contribution in [3.05, 3.63) is 33.4 Å². The first kappa shape index (κ1) is 10.4. The molecular formula is C12H15IO. The van der Waals surface area contributed by atoms with Crippen LogP contribution >= 0.6 is 22.6 Å². The minimum Gasteiger partial charge on any atom is -0.388 e. The molecule has 1 aromatic rings. The van der Waals surface area contributed by atoms with Crippen LogP contribution < -0.4 is 0 Å². The van der Waals surface area contributed by atoms with Crippen molar-refractivity contribution in [1.82, 2.24) is 0 Å². The van der Waals surface area contributed by atoms with E-state index in [0.717, 1.165) is 17.9 Å². The fourth-order valence-corrected chi connectivity index (χ4v) is 2.25. The van der Waals surface area contributed by atoms with Crippen LogP contribution in [0.3, 0.4) is 0 Å². The van der Waals surface area contributed by atoms with Crippen molar-refractivity contribution in [2.75, 3.05) is 0 Å². The Morgan fingerprint density at radius 3 is 2.86 bits per heavy atom. The van der Waals surface area contributed by atoms with Crippen LogP contribution in [0.1, 0.15) is 37.4 Å². The molecule has 1 nitrogen and oxygen atoms in total.